The van der Waals surface area contributed by atoms with Gasteiger partial charge in [0.25, 0.3) is 0 Å². The predicted molar refractivity (Wildman–Crippen MR) is 67.3 cm³/mol. The molecule has 1 rings (SSSR count). The first-order chi connectivity index (χ1) is 7.61. The van der Waals surface area contributed by atoms with Crippen molar-refractivity contribution in [3.63, 3.8) is 0 Å². The zero-order valence-electron chi connectivity index (χ0n) is 10.3. The first-order valence-electron chi connectivity index (χ1n) is 5.76. The Morgan fingerprint density at radius 1 is 1.44 bits per heavy atom. The lowest BCUT2D eigenvalue weighted by Gasteiger charge is -2.05. The Kier molecular flexibility index (Phi) is 5.84. The minimum Gasteiger partial charge on any atom is -0.339 e. The average Bonchev–Trinajstić information content (AvgIpc) is 2.64. The molecular formula is C11H21N3OS. The maximum absolute atomic E-state index is 5.82. The zero-order valence-corrected chi connectivity index (χ0v) is 11.1. The maximum atomic E-state index is 5.82. The normalized spacial score (nSPS) is 13.3. The first-order valence-corrected chi connectivity index (χ1v) is 6.92. The van der Waals surface area contributed by atoms with Crippen molar-refractivity contribution in [2.45, 2.75) is 45.4 Å². The van der Waals surface area contributed by atoms with E-state index in [1.54, 1.807) is 11.8 Å². The molecule has 92 valence electrons. The van der Waals surface area contributed by atoms with Crippen molar-refractivity contribution in [1.29, 1.82) is 0 Å². The predicted octanol–water partition coefficient (Wildman–Crippen LogP) is 2.24. The number of hydrogen-bond acceptors (Lipinski definition) is 5. The summed E-state index contributed by atoms with van der Waals surface area (Å²) in [5.74, 6) is 3.81. The molecule has 4 nitrogen and oxygen atoms in total. The van der Waals surface area contributed by atoms with E-state index in [2.05, 4.69) is 30.9 Å². The summed E-state index contributed by atoms with van der Waals surface area (Å²) < 4.78 is 5.15. The Morgan fingerprint density at radius 3 is 2.81 bits per heavy atom. The molecule has 1 unspecified atom stereocenters. The summed E-state index contributed by atoms with van der Waals surface area (Å²) in [6, 6.07) is 0.270. The van der Waals surface area contributed by atoms with E-state index in [1.165, 1.54) is 0 Å². The van der Waals surface area contributed by atoms with Crippen LogP contribution in [-0.2, 0) is 12.2 Å². The molecule has 0 aliphatic carbocycles. The van der Waals surface area contributed by atoms with Crippen molar-refractivity contribution in [3.05, 3.63) is 11.7 Å². The fourth-order valence-corrected chi connectivity index (χ4v) is 2.16. The molecule has 0 spiro atoms. The highest BCUT2D eigenvalue weighted by Crippen LogP contribution is 2.12. The first kappa shape index (κ1) is 13.5. The summed E-state index contributed by atoms with van der Waals surface area (Å²) in [6.07, 6.45) is 1.87. The van der Waals surface area contributed by atoms with Crippen molar-refractivity contribution >= 4 is 11.8 Å². The van der Waals surface area contributed by atoms with Gasteiger partial charge in [-0.3, -0.25) is 0 Å². The fraction of sp³-hybridized carbons (Fsp3) is 0.818. The summed E-state index contributed by atoms with van der Waals surface area (Å²) in [5.41, 5.74) is 5.82. The van der Waals surface area contributed by atoms with Gasteiger partial charge < -0.3 is 10.3 Å². The summed E-state index contributed by atoms with van der Waals surface area (Å²) in [6.45, 7) is 6.37. The number of hydrogen-bond donors (Lipinski definition) is 1. The molecule has 0 radical (unpaired) electrons. The minimum absolute atomic E-state index is 0.270. The van der Waals surface area contributed by atoms with E-state index in [-0.39, 0.29) is 6.04 Å². The van der Waals surface area contributed by atoms with Crippen LogP contribution in [0.5, 0.6) is 0 Å². The van der Waals surface area contributed by atoms with Crippen molar-refractivity contribution in [1.82, 2.24) is 10.1 Å². The quantitative estimate of drug-likeness (QED) is 0.795. The second-order valence-electron chi connectivity index (χ2n) is 4.39. The highest BCUT2D eigenvalue weighted by atomic mass is 32.2. The van der Waals surface area contributed by atoms with E-state index in [9.17, 15) is 0 Å². The second-order valence-corrected chi connectivity index (χ2v) is 5.42. The van der Waals surface area contributed by atoms with Gasteiger partial charge in [0.05, 0.1) is 5.75 Å². The van der Waals surface area contributed by atoms with Gasteiger partial charge in [0.2, 0.25) is 5.89 Å². The van der Waals surface area contributed by atoms with Gasteiger partial charge in [0.15, 0.2) is 5.82 Å². The largest absolute Gasteiger partial charge is 0.339 e. The number of nitrogens with two attached hydrogens (primary N) is 1. The molecule has 2 N–H and O–H groups in total. The van der Waals surface area contributed by atoms with Crippen LogP contribution in [0.15, 0.2) is 4.52 Å². The van der Waals surface area contributed by atoms with Crippen LogP contribution in [-0.4, -0.2) is 21.9 Å². The van der Waals surface area contributed by atoms with Crippen molar-refractivity contribution in [2.75, 3.05) is 5.75 Å². The highest BCUT2D eigenvalue weighted by molar-refractivity contribution is 7.98. The molecule has 5 heteroatoms. The SMILES string of the molecule is CCC(N)CSCc1noc(CC(C)C)n1. The van der Waals surface area contributed by atoms with E-state index in [4.69, 9.17) is 10.3 Å². The molecule has 0 aliphatic rings. The van der Waals surface area contributed by atoms with Crippen molar-refractivity contribution in [2.24, 2.45) is 11.7 Å². The smallest absolute Gasteiger partial charge is 0.226 e. The van der Waals surface area contributed by atoms with E-state index in [1.807, 2.05) is 0 Å². The third-order valence-corrected chi connectivity index (χ3v) is 3.31. The van der Waals surface area contributed by atoms with E-state index in [0.717, 1.165) is 36.1 Å². The molecule has 0 saturated heterocycles. The molecule has 0 fully saturated rings. The summed E-state index contributed by atoms with van der Waals surface area (Å²) >= 11 is 1.76. The number of nitrogens with zero attached hydrogens (tertiary/aromatic N) is 2. The van der Waals surface area contributed by atoms with E-state index < -0.39 is 0 Å². The van der Waals surface area contributed by atoms with Crippen molar-refractivity contribution in [3.8, 4) is 0 Å². The maximum Gasteiger partial charge on any atom is 0.226 e. The van der Waals surface area contributed by atoms with Crippen LogP contribution in [0.3, 0.4) is 0 Å². The van der Waals surface area contributed by atoms with Gasteiger partial charge in [-0.1, -0.05) is 25.9 Å². The van der Waals surface area contributed by atoms with Gasteiger partial charge >= 0.3 is 0 Å². The average molecular weight is 243 g/mol. The molecule has 0 bridgehead atoms. The molecule has 0 aliphatic heterocycles. The summed E-state index contributed by atoms with van der Waals surface area (Å²) in [4.78, 5) is 4.33. The lowest BCUT2D eigenvalue weighted by Crippen LogP contribution is -2.21. The zero-order chi connectivity index (χ0) is 12.0. The second kappa shape index (κ2) is 6.91. The van der Waals surface area contributed by atoms with Crippen LogP contribution >= 0.6 is 11.8 Å². The standard InChI is InChI=1S/C11H21N3OS/c1-4-9(12)6-16-7-10-13-11(15-14-10)5-8(2)3/h8-9H,4-7,12H2,1-3H3. The molecule has 1 aromatic heterocycles. The number of rotatable bonds is 7. The van der Waals surface area contributed by atoms with Gasteiger partial charge in [-0.05, 0) is 12.3 Å². The van der Waals surface area contributed by atoms with Crippen LogP contribution in [0.4, 0.5) is 0 Å². The molecule has 1 heterocycles. The van der Waals surface area contributed by atoms with Crippen LogP contribution in [0, 0.1) is 5.92 Å². The monoisotopic (exact) mass is 243 g/mol. The third kappa shape index (κ3) is 4.99. The Labute approximate surface area is 101 Å². The molecule has 1 aromatic rings. The van der Waals surface area contributed by atoms with Gasteiger partial charge in [-0.25, -0.2) is 0 Å². The number of thioether (sulfide) groups is 1. The van der Waals surface area contributed by atoms with Gasteiger partial charge in [0, 0.05) is 18.2 Å². The van der Waals surface area contributed by atoms with Crippen LogP contribution in [0.1, 0.15) is 38.9 Å². The molecule has 1 atom stereocenters. The van der Waals surface area contributed by atoms with Gasteiger partial charge in [-0.2, -0.15) is 16.7 Å². The van der Waals surface area contributed by atoms with Gasteiger partial charge in [0.1, 0.15) is 0 Å². The number of aromatic nitrogens is 2. The fourth-order valence-electron chi connectivity index (χ4n) is 1.20. The lowest BCUT2D eigenvalue weighted by atomic mass is 10.1. The molecular weight excluding hydrogens is 222 g/mol. The third-order valence-electron chi connectivity index (χ3n) is 2.18. The Morgan fingerprint density at radius 2 is 2.19 bits per heavy atom. The van der Waals surface area contributed by atoms with E-state index in [0.29, 0.717) is 5.92 Å². The Hall–Kier alpha value is -0.550. The summed E-state index contributed by atoms with van der Waals surface area (Å²) in [7, 11) is 0. The minimum atomic E-state index is 0.270. The molecule has 0 aromatic carbocycles. The molecule has 0 amide bonds. The Balaban J connectivity index is 2.29. The summed E-state index contributed by atoms with van der Waals surface area (Å²) in [5, 5.41) is 3.94. The lowest BCUT2D eigenvalue weighted by molar-refractivity contribution is 0.360. The van der Waals surface area contributed by atoms with Crippen molar-refractivity contribution < 1.29 is 4.52 Å². The Bertz CT molecular complexity index is 301. The topological polar surface area (TPSA) is 64.9 Å². The van der Waals surface area contributed by atoms with Crippen LogP contribution in [0.25, 0.3) is 0 Å². The van der Waals surface area contributed by atoms with Crippen LogP contribution in [0.2, 0.25) is 0 Å². The van der Waals surface area contributed by atoms with Gasteiger partial charge in [-0.15, -0.1) is 0 Å². The van der Waals surface area contributed by atoms with Crippen LogP contribution < -0.4 is 5.73 Å². The highest BCUT2D eigenvalue weighted by Gasteiger charge is 2.08. The van der Waals surface area contributed by atoms with E-state index >= 15 is 0 Å². The molecule has 0 saturated carbocycles. The molecule has 16 heavy (non-hydrogen) atoms.